The maximum Gasteiger partial charge on any atom is 0.276 e. The van der Waals surface area contributed by atoms with Crippen LogP contribution in [0.15, 0.2) is 78.9 Å². The number of anilines is 1. The third-order valence-electron chi connectivity index (χ3n) is 5.82. The number of aliphatic hydroxyl groups excluding tert-OH is 1. The van der Waals surface area contributed by atoms with Crippen LogP contribution < -0.4 is 10.6 Å². The summed E-state index contributed by atoms with van der Waals surface area (Å²) in [4.78, 5) is 35.8. The van der Waals surface area contributed by atoms with Crippen LogP contribution in [0.5, 0.6) is 0 Å². The molecule has 2 amide bonds. The maximum absolute atomic E-state index is 12.3. The van der Waals surface area contributed by atoms with E-state index in [2.05, 4.69) is 15.7 Å². The number of allylic oxidation sites excluding steroid dienone is 2. The van der Waals surface area contributed by atoms with Crippen molar-refractivity contribution in [2.75, 3.05) is 5.32 Å². The quantitative estimate of drug-likeness (QED) is 0.295. The van der Waals surface area contributed by atoms with Gasteiger partial charge in [-0.25, -0.2) is 0 Å². The monoisotopic (exact) mass is 518 g/mol. The first-order valence-electron chi connectivity index (χ1n) is 12.9. The molecule has 8 nitrogen and oxygen atoms in total. The van der Waals surface area contributed by atoms with Gasteiger partial charge in [-0.2, -0.15) is 5.10 Å². The minimum absolute atomic E-state index is 0.0802. The number of hydrogen-bond donors (Lipinski definition) is 3. The van der Waals surface area contributed by atoms with E-state index in [4.69, 9.17) is 5.11 Å². The van der Waals surface area contributed by atoms with Gasteiger partial charge >= 0.3 is 0 Å². The van der Waals surface area contributed by atoms with Gasteiger partial charge in [0, 0.05) is 11.7 Å². The highest BCUT2D eigenvalue weighted by Gasteiger charge is 2.19. The molecule has 1 saturated carbocycles. The fourth-order valence-corrected chi connectivity index (χ4v) is 3.72. The van der Waals surface area contributed by atoms with E-state index < -0.39 is 5.91 Å². The molecular formula is C30H38N4O4. The molecule has 38 heavy (non-hydrogen) atoms. The van der Waals surface area contributed by atoms with Gasteiger partial charge in [0.15, 0.2) is 12.0 Å². The van der Waals surface area contributed by atoms with Crippen LogP contribution in [0.4, 0.5) is 5.69 Å². The first-order chi connectivity index (χ1) is 18.5. The van der Waals surface area contributed by atoms with Gasteiger partial charge in [0.05, 0.1) is 6.61 Å². The van der Waals surface area contributed by atoms with Gasteiger partial charge in [0.25, 0.3) is 5.91 Å². The highest BCUT2D eigenvalue weighted by Crippen LogP contribution is 2.17. The summed E-state index contributed by atoms with van der Waals surface area (Å²) in [6, 6.07) is 20.1. The summed E-state index contributed by atoms with van der Waals surface area (Å²) < 4.78 is 1.27. The third kappa shape index (κ3) is 10.9. The van der Waals surface area contributed by atoms with Crippen LogP contribution in [0.1, 0.15) is 72.5 Å². The summed E-state index contributed by atoms with van der Waals surface area (Å²) in [5.41, 5.74) is 1.89. The molecule has 1 fully saturated rings. The molecule has 0 bridgehead atoms. The second-order valence-electron chi connectivity index (χ2n) is 8.76. The molecule has 1 aromatic heterocycles. The van der Waals surface area contributed by atoms with Crippen molar-refractivity contribution in [1.82, 2.24) is 15.1 Å². The zero-order valence-corrected chi connectivity index (χ0v) is 22.2. The number of aromatic nitrogens is 2. The van der Waals surface area contributed by atoms with Crippen molar-refractivity contribution < 1.29 is 19.5 Å². The lowest BCUT2D eigenvalue weighted by Gasteiger charge is -2.22. The molecule has 2 aromatic carbocycles. The molecule has 8 heteroatoms. The second-order valence-corrected chi connectivity index (χ2v) is 8.76. The zero-order valence-electron chi connectivity index (χ0n) is 22.2. The van der Waals surface area contributed by atoms with Crippen molar-refractivity contribution in [1.29, 1.82) is 0 Å². The van der Waals surface area contributed by atoms with Crippen LogP contribution in [0.2, 0.25) is 0 Å². The van der Waals surface area contributed by atoms with Crippen LogP contribution >= 0.6 is 0 Å². The molecule has 3 aromatic rings. The van der Waals surface area contributed by atoms with E-state index in [-0.39, 0.29) is 36.5 Å². The lowest BCUT2D eigenvalue weighted by atomic mass is 9.95. The first kappa shape index (κ1) is 30.2. The largest absolute Gasteiger partial charge is 0.392 e. The van der Waals surface area contributed by atoms with Crippen molar-refractivity contribution in [2.45, 2.75) is 65.1 Å². The predicted octanol–water partition coefficient (Wildman–Crippen LogP) is 5.16. The molecule has 1 aliphatic carbocycles. The summed E-state index contributed by atoms with van der Waals surface area (Å²) in [5, 5.41) is 18.4. The number of nitrogens with one attached hydrogen (secondary N) is 2. The van der Waals surface area contributed by atoms with Crippen molar-refractivity contribution in [3.8, 4) is 0 Å². The number of aliphatic hydroxyl groups is 1. The van der Waals surface area contributed by atoms with Crippen molar-refractivity contribution in [2.24, 2.45) is 0 Å². The molecule has 0 radical (unpaired) electrons. The Labute approximate surface area is 224 Å². The van der Waals surface area contributed by atoms with E-state index in [1.165, 1.54) is 17.2 Å². The van der Waals surface area contributed by atoms with Crippen LogP contribution in [0.25, 0.3) is 0 Å². The number of carbonyl (C=O) groups excluding carboxylic acids is 3. The lowest BCUT2D eigenvalue weighted by molar-refractivity contribution is -0.122. The molecule has 1 heterocycles. The molecule has 0 spiro atoms. The average Bonchev–Trinajstić information content (AvgIpc) is 3.37. The first-order valence-corrected chi connectivity index (χ1v) is 12.9. The zero-order chi connectivity index (χ0) is 27.6. The molecule has 0 atom stereocenters. The number of carbonyl (C=O) groups is 3. The third-order valence-corrected chi connectivity index (χ3v) is 5.82. The van der Waals surface area contributed by atoms with Gasteiger partial charge in [-0.1, -0.05) is 79.9 Å². The van der Waals surface area contributed by atoms with Crippen LogP contribution in [-0.2, 0) is 17.9 Å². The van der Waals surface area contributed by atoms with Crippen molar-refractivity contribution >= 4 is 23.8 Å². The minimum atomic E-state index is -0.425. The molecule has 1 aliphatic rings. The number of rotatable bonds is 7. The predicted molar refractivity (Wildman–Crippen MR) is 150 cm³/mol. The summed E-state index contributed by atoms with van der Waals surface area (Å²) in [6.45, 7) is 4.06. The Balaban J connectivity index is 0.000000349. The summed E-state index contributed by atoms with van der Waals surface area (Å²) >= 11 is 0. The lowest BCUT2D eigenvalue weighted by Crippen LogP contribution is -2.38. The smallest absolute Gasteiger partial charge is 0.276 e. The Morgan fingerprint density at radius 2 is 1.58 bits per heavy atom. The normalized spacial score (nSPS) is 12.9. The van der Waals surface area contributed by atoms with Gasteiger partial charge in [0.2, 0.25) is 5.91 Å². The highest BCUT2D eigenvalue weighted by molar-refractivity contribution is 6.03. The fraction of sp³-hybridized carbons (Fsp3) is 0.333. The van der Waals surface area contributed by atoms with Crippen molar-refractivity contribution in [3.05, 3.63) is 95.8 Å². The Hall–Kier alpha value is -4.04. The average molecular weight is 519 g/mol. The van der Waals surface area contributed by atoms with E-state index in [1.54, 1.807) is 24.3 Å². The summed E-state index contributed by atoms with van der Waals surface area (Å²) in [6.07, 6.45) is 10.0. The van der Waals surface area contributed by atoms with Crippen LogP contribution in [-0.4, -0.2) is 39.0 Å². The molecule has 202 valence electrons. The Morgan fingerprint density at radius 1 is 0.974 bits per heavy atom. The Kier molecular flexibility index (Phi) is 13.8. The van der Waals surface area contributed by atoms with Gasteiger partial charge < -0.3 is 15.7 Å². The molecule has 4 rings (SSSR count). The number of nitrogens with zero attached hydrogens (tertiary/aromatic N) is 2. The molecular weight excluding hydrogens is 480 g/mol. The number of aldehydes is 1. The second kappa shape index (κ2) is 17.4. The van der Waals surface area contributed by atoms with Gasteiger partial charge in [-0.05, 0) is 50.5 Å². The highest BCUT2D eigenvalue weighted by atomic mass is 16.3. The standard InChI is InChI=1S/C19H22N4O3.C7H8O.C4H8/c24-13-16-11-17(19(26)21-15-9-5-2-6-10-15)22-23(16)12-18(25)20-14-7-3-1-4-8-14;8-6-7-4-2-1-3-5-7;1-3-4-2/h2,5-6,9-11,13-14H,1,3-4,7-8,12H2,(H,20,25)(H,21,26);1-5,8H,6H2;3-4H,1-2H3/b;;4-3-. The van der Waals surface area contributed by atoms with Gasteiger partial charge in [0.1, 0.15) is 12.2 Å². The van der Waals surface area contributed by atoms with E-state index in [1.807, 2.05) is 62.4 Å². The molecule has 0 unspecified atom stereocenters. The van der Waals surface area contributed by atoms with E-state index in [0.29, 0.717) is 12.0 Å². The van der Waals surface area contributed by atoms with Gasteiger partial charge in [-0.3, -0.25) is 19.1 Å². The number of para-hydroxylation sites is 1. The Morgan fingerprint density at radius 3 is 2.11 bits per heavy atom. The van der Waals surface area contributed by atoms with E-state index in [0.717, 1.165) is 31.2 Å². The maximum atomic E-state index is 12.3. The topological polar surface area (TPSA) is 113 Å². The summed E-state index contributed by atoms with van der Waals surface area (Å²) in [7, 11) is 0. The van der Waals surface area contributed by atoms with Crippen LogP contribution in [0, 0.1) is 0 Å². The number of benzene rings is 2. The molecule has 0 aliphatic heterocycles. The number of amides is 2. The molecule has 3 N–H and O–H groups in total. The van der Waals surface area contributed by atoms with Crippen molar-refractivity contribution in [3.63, 3.8) is 0 Å². The van der Waals surface area contributed by atoms with E-state index >= 15 is 0 Å². The Bertz CT molecular complexity index is 1130. The van der Waals surface area contributed by atoms with Crippen LogP contribution in [0.3, 0.4) is 0 Å². The fourth-order valence-electron chi connectivity index (χ4n) is 3.72. The van der Waals surface area contributed by atoms with Gasteiger partial charge in [-0.15, -0.1) is 0 Å². The minimum Gasteiger partial charge on any atom is -0.392 e. The van der Waals surface area contributed by atoms with E-state index in [9.17, 15) is 14.4 Å². The molecule has 0 saturated heterocycles. The SMILES string of the molecule is C/C=C\C.O=Cc1cc(C(=O)Nc2ccccc2)nn1CC(=O)NC1CCCCC1.OCc1ccccc1. The number of hydrogen-bond acceptors (Lipinski definition) is 5. The summed E-state index contributed by atoms with van der Waals surface area (Å²) in [5.74, 6) is -0.621.